The van der Waals surface area contributed by atoms with E-state index in [1.807, 2.05) is 13.8 Å². The minimum absolute atomic E-state index is 0.0373. The van der Waals surface area contributed by atoms with Crippen LogP contribution in [-0.4, -0.2) is 49.7 Å². The first-order chi connectivity index (χ1) is 14.7. The van der Waals surface area contributed by atoms with Crippen molar-refractivity contribution in [3.63, 3.8) is 0 Å². The van der Waals surface area contributed by atoms with Crippen LogP contribution in [0.15, 0.2) is 11.1 Å². The molecule has 31 heavy (non-hydrogen) atoms. The maximum Gasteiger partial charge on any atom is 0.323 e. The van der Waals surface area contributed by atoms with E-state index in [0.29, 0.717) is 6.42 Å². The topological polar surface area (TPSA) is 176 Å². The number of hydrogen-bond donors (Lipinski definition) is 3. The Kier molecular flexibility index (Phi) is 8.43. The third kappa shape index (κ3) is 5.97. The average Bonchev–Trinajstić information content (AvgIpc) is 3.14. The van der Waals surface area contributed by atoms with Gasteiger partial charge >= 0.3 is 5.97 Å². The van der Waals surface area contributed by atoms with Gasteiger partial charge in [0.05, 0.1) is 12.9 Å². The minimum atomic E-state index is -0.786. The van der Waals surface area contributed by atoms with Crippen molar-refractivity contribution in [2.24, 2.45) is 17.6 Å². The number of imidazole rings is 1. The predicted octanol–water partition coefficient (Wildman–Crippen LogP) is 0.563. The summed E-state index contributed by atoms with van der Waals surface area (Å²) in [7, 11) is 0. The van der Waals surface area contributed by atoms with Crippen molar-refractivity contribution in [3.8, 4) is 0 Å². The molecule has 2 rings (SSSR count). The van der Waals surface area contributed by atoms with Gasteiger partial charge in [0, 0.05) is 18.9 Å². The number of ketones is 2. The van der Waals surface area contributed by atoms with Gasteiger partial charge in [0.2, 0.25) is 11.7 Å². The van der Waals surface area contributed by atoms with Crippen molar-refractivity contribution in [1.82, 2.24) is 19.5 Å². The molecule has 0 amide bonds. The second-order valence-electron chi connectivity index (χ2n) is 7.62. The SMILES string of the molecule is CCCC(=O)C(=O)[C@H](CCOC(=O)[C@@H](N)[C@@H](C)CC)Cn1cnc2c(=O)[nH]c(N)nc21. The molecule has 3 atom stereocenters. The number of rotatable bonds is 12. The van der Waals surface area contributed by atoms with Crippen LogP contribution in [0.25, 0.3) is 11.2 Å². The molecule has 0 aliphatic carbocycles. The van der Waals surface area contributed by atoms with Crippen molar-refractivity contribution in [2.75, 3.05) is 12.3 Å². The third-order valence-corrected chi connectivity index (χ3v) is 5.27. The number of nitrogens with zero attached hydrogens (tertiary/aromatic N) is 3. The Morgan fingerprint density at radius 1 is 1.29 bits per heavy atom. The smallest absolute Gasteiger partial charge is 0.323 e. The van der Waals surface area contributed by atoms with Crippen LogP contribution in [-0.2, 0) is 25.7 Å². The van der Waals surface area contributed by atoms with E-state index in [-0.39, 0.29) is 49.0 Å². The largest absolute Gasteiger partial charge is 0.464 e. The van der Waals surface area contributed by atoms with Crippen molar-refractivity contribution in [3.05, 3.63) is 16.7 Å². The number of nitrogens with two attached hydrogens (primary N) is 2. The zero-order chi connectivity index (χ0) is 23.1. The molecule has 11 heteroatoms. The number of aromatic amines is 1. The number of ether oxygens (including phenoxy) is 1. The quantitative estimate of drug-likeness (QED) is 0.318. The normalized spacial score (nSPS) is 14.2. The number of fused-ring (bicyclic) bond motifs is 1. The third-order valence-electron chi connectivity index (χ3n) is 5.27. The molecule has 170 valence electrons. The number of nitrogens with one attached hydrogen (secondary N) is 1. The zero-order valence-corrected chi connectivity index (χ0v) is 18.1. The Morgan fingerprint density at radius 2 is 2.00 bits per heavy atom. The fourth-order valence-electron chi connectivity index (χ4n) is 3.11. The van der Waals surface area contributed by atoms with E-state index in [0.717, 1.165) is 6.42 Å². The van der Waals surface area contributed by atoms with Crippen LogP contribution in [0.1, 0.15) is 46.5 Å². The molecule has 0 saturated carbocycles. The number of carbonyl (C=O) groups excluding carboxylic acids is 3. The lowest BCUT2D eigenvalue weighted by atomic mass is 9.95. The van der Waals surface area contributed by atoms with E-state index in [1.165, 1.54) is 10.9 Å². The number of H-pyrrole nitrogens is 1. The number of hydrogen-bond acceptors (Lipinski definition) is 9. The summed E-state index contributed by atoms with van der Waals surface area (Å²) in [4.78, 5) is 59.5. The molecule has 2 aromatic heterocycles. The van der Waals surface area contributed by atoms with Gasteiger partial charge in [-0.05, 0) is 18.8 Å². The van der Waals surface area contributed by atoms with Crippen LogP contribution >= 0.6 is 0 Å². The van der Waals surface area contributed by atoms with Crippen molar-refractivity contribution in [2.45, 2.75) is 59.0 Å². The maximum atomic E-state index is 12.7. The van der Waals surface area contributed by atoms with Crippen LogP contribution in [0.2, 0.25) is 0 Å². The molecule has 0 aromatic carbocycles. The van der Waals surface area contributed by atoms with Crippen molar-refractivity contribution >= 4 is 34.6 Å². The van der Waals surface area contributed by atoms with Crippen molar-refractivity contribution in [1.29, 1.82) is 0 Å². The molecule has 0 saturated heterocycles. The molecule has 0 radical (unpaired) electrons. The summed E-state index contributed by atoms with van der Waals surface area (Å²) in [6.45, 7) is 5.55. The number of carbonyl (C=O) groups is 3. The molecule has 2 aromatic rings. The summed E-state index contributed by atoms with van der Waals surface area (Å²) >= 11 is 0. The highest BCUT2D eigenvalue weighted by molar-refractivity contribution is 6.37. The van der Waals surface area contributed by atoms with E-state index < -0.39 is 35.1 Å². The highest BCUT2D eigenvalue weighted by atomic mass is 16.5. The van der Waals surface area contributed by atoms with Gasteiger partial charge in [-0.3, -0.25) is 24.2 Å². The molecular weight excluding hydrogens is 404 g/mol. The number of Topliss-reactive ketones (excluding diaryl/α,β-unsaturated/α-hetero) is 2. The fourth-order valence-corrected chi connectivity index (χ4v) is 3.11. The number of aromatic nitrogens is 4. The van der Waals surface area contributed by atoms with Gasteiger partial charge in [0.15, 0.2) is 16.9 Å². The first kappa shape index (κ1) is 24.2. The molecule has 5 N–H and O–H groups in total. The monoisotopic (exact) mass is 434 g/mol. The lowest BCUT2D eigenvalue weighted by Gasteiger charge is -2.19. The fraction of sp³-hybridized carbons (Fsp3) is 0.600. The van der Waals surface area contributed by atoms with Gasteiger partial charge in [0.1, 0.15) is 6.04 Å². The summed E-state index contributed by atoms with van der Waals surface area (Å²) in [6, 6.07) is -0.752. The van der Waals surface area contributed by atoms with Gasteiger partial charge in [0.25, 0.3) is 5.56 Å². The van der Waals surface area contributed by atoms with Crippen molar-refractivity contribution < 1.29 is 19.1 Å². The van der Waals surface area contributed by atoms with E-state index >= 15 is 0 Å². The van der Waals surface area contributed by atoms with Gasteiger partial charge in [-0.15, -0.1) is 0 Å². The van der Waals surface area contributed by atoms with Gasteiger partial charge in [-0.2, -0.15) is 4.98 Å². The number of esters is 1. The van der Waals surface area contributed by atoms with E-state index in [2.05, 4.69) is 15.0 Å². The number of nitrogen functional groups attached to an aromatic ring is 1. The summed E-state index contributed by atoms with van der Waals surface area (Å²) in [5.74, 6) is -2.52. The molecular formula is C20H30N6O5. The molecule has 11 nitrogen and oxygen atoms in total. The lowest BCUT2D eigenvalue weighted by molar-refractivity contribution is -0.147. The Hall–Kier alpha value is -3.08. The van der Waals surface area contributed by atoms with E-state index in [9.17, 15) is 19.2 Å². The zero-order valence-electron chi connectivity index (χ0n) is 18.1. The van der Waals surface area contributed by atoms with Gasteiger partial charge < -0.3 is 20.8 Å². The van der Waals surface area contributed by atoms with Crippen LogP contribution in [0.5, 0.6) is 0 Å². The second kappa shape index (κ2) is 10.8. The minimum Gasteiger partial charge on any atom is -0.464 e. The van der Waals surface area contributed by atoms with Gasteiger partial charge in [-0.25, -0.2) is 4.98 Å². The van der Waals surface area contributed by atoms with Crippen LogP contribution < -0.4 is 17.0 Å². The van der Waals surface area contributed by atoms with Crippen LogP contribution in [0.3, 0.4) is 0 Å². The first-order valence-corrected chi connectivity index (χ1v) is 10.4. The molecule has 2 heterocycles. The second-order valence-corrected chi connectivity index (χ2v) is 7.62. The standard InChI is InChI=1S/C20H30N6O5/c1-4-6-13(27)16(28)12(7-8-31-19(30)14(21)11(3)5-2)9-26-10-23-15-17(26)24-20(22)25-18(15)29/h10-12,14H,4-9,21H2,1-3H3,(H3,22,24,25,29)/t11-,12+,14-/m0/s1. The summed E-state index contributed by atoms with van der Waals surface area (Å²) in [5.41, 5.74) is 11.3. The van der Waals surface area contributed by atoms with E-state index in [4.69, 9.17) is 16.2 Å². The summed E-state index contributed by atoms with van der Waals surface area (Å²) in [6.07, 6.45) is 2.88. The molecule has 0 spiro atoms. The van der Waals surface area contributed by atoms with Crippen LogP contribution in [0, 0.1) is 11.8 Å². The Labute approximate surface area is 179 Å². The Balaban J connectivity index is 2.18. The summed E-state index contributed by atoms with van der Waals surface area (Å²) < 4.78 is 6.74. The maximum absolute atomic E-state index is 12.7. The van der Waals surface area contributed by atoms with E-state index in [1.54, 1.807) is 6.92 Å². The number of anilines is 1. The highest BCUT2D eigenvalue weighted by Gasteiger charge is 2.27. The molecule has 0 fully saturated rings. The molecule has 0 aliphatic heterocycles. The Morgan fingerprint density at radius 3 is 2.65 bits per heavy atom. The van der Waals surface area contributed by atoms with Crippen LogP contribution in [0.4, 0.5) is 5.95 Å². The molecule has 0 bridgehead atoms. The molecule has 0 aliphatic rings. The highest BCUT2D eigenvalue weighted by Crippen LogP contribution is 2.16. The lowest BCUT2D eigenvalue weighted by Crippen LogP contribution is -2.38. The predicted molar refractivity (Wildman–Crippen MR) is 114 cm³/mol. The average molecular weight is 434 g/mol. The van der Waals surface area contributed by atoms with Gasteiger partial charge in [-0.1, -0.05) is 27.2 Å². The Bertz CT molecular complexity index is 998. The first-order valence-electron chi connectivity index (χ1n) is 10.4. The molecule has 0 unspecified atom stereocenters. The summed E-state index contributed by atoms with van der Waals surface area (Å²) in [5, 5.41) is 0.